The normalized spacial score (nSPS) is 24.6. The summed E-state index contributed by atoms with van der Waals surface area (Å²) in [6, 6.07) is 6.51. The van der Waals surface area contributed by atoms with Crippen LogP contribution in [0.4, 0.5) is 0 Å². The summed E-state index contributed by atoms with van der Waals surface area (Å²) >= 11 is 0. The van der Waals surface area contributed by atoms with Crippen molar-refractivity contribution in [3.63, 3.8) is 0 Å². The third-order valence-electron chi connectivity index (χ3n) is 7.82. The Morgan fingerprint density at radius 2 is 2.06 bits per heavy atom. The second-order valence-electron chi connectivity index (χ2n) is 10.2. The first-order valence-electron chi connectivity index (χ1n) is 12.6. The Hall–Kier alpha value is -2.62. The Kier molecular flexibility index (Phi) is 5.71. The number of ether oxygens (including phenoxy) is 1. The minimum atomic E-state index is -0.298. The monoisotopic (exact) mass is 463 g/mol. The molecule has 3 atom stereocenters. The van der Waals surface area contributed by atoms with Gasteiger partial charge in [-0.05, 0) is 79.8 Å². The van der Waals surface area contributed by atoms with Crippen LogP contribution in [-0.4, -0.2) is 79.9 Å². The second kappa shape index (κ2) is 8.87. The van der Waals surface area contributed by atoms with Crippen LogP contribution in [0, 0.1) is 13.8 Å². The molecule has 1 N–H and O–H groups in total. The lowest BCUT2D eigenvalue weighted by Crippen LogP contribution is -2.52. The van der Waals surface area contributed by atoms with Crippen molar-refractivity contribution >= 4 is 10.9 Å². The number of fused-ring (bicyclic) bond motifs is 2. The maximum Gasteiger partial charge on any atom is 0.253 e. The van der Waals surface area contributed by atoms with Crippen LogP contribution in [0.3, 0.4) is 0 Å². The van der Waals surface area contributed by atoms with E-state index in [1.54, 1.807) is 0 Å². The van der Waals surface area contributed by atoms with Gasteiger partial charge in [0.15, 0.2) is 5.82 Å². The molecule has 0 saturated carbocycles. The Labute approximate surface area is 199 Å². The van der Waals surface area contributed by atoms with Crippen molar-refractivity contribution in [2.24, 2.45) is 0 Å². The molecule has 3 aliphatic heterocycles. The smallest absolute Gasteiger partial charge is 0.253 e. The van der Waals surface area contributed by atoms with E-state index < -0.39 is 0 Å². The highest BCUT2D eigenvalue weighted by Crippen LogP contribution is 2.32. The molecule has 0 aliphatic carbocycles. The number of aromatic nitrogens is 5. The lowest BCUT2D eigenvalue weighted by atomic mass is 9.98. The van der Waals surface area contributed by atoms with Crippen molar-refractivity contribution < 1.29 is 4.74 Å². The molecule has 0 amide bonds. The van der Waals surface area contributed by atoms with E-state index in [1.807, 2.05) is 10.7 Å². The van der Waals surface area contributed by atoms with Crippen LogP contribution in [-0.2, 0) is 11.3 Å². The van der Waals surface area contributed by atoms with Crippen LogP contribution in [0.15, 0.2) is 23.0 Å². The van der Waals surface area contributed by atoms with E-state index in [1.165, 1.54) is 19.4 Å². The van der Waals surface area contributed by atoms with Crippen LogP contribution in [0.5, 0.6) is 0 Å². The first-order valence-corrected chi connectivity index (χ1v) is 12.6. The van der Waals surface area contributed by atoms with Crippen LogP contribution < -0.4 is 5.56 Å². The summed E-state index contributed by atoms with van der Waals surface area (Å²) in [6.45, 7) is 9.56. The number of aryl methyl sites for hydroxylation is 2. The van der Waals surface area contributed by atoms with Gasteiger partial charge in [0.05, 0.1) is 12.6 Å². The fraction of sp³-hybridized carbons (Fsp3) is 0.600. The van der Waals surface area contributed by atoms with Gasteiger partial charge >= 0.3 is 0 Å². The van der Waals surface area contributed by atoms with Gasteiger partial charge in [-0.1, -0.05) is 6.07 Å². The summed E-state index contributed by atoms with van der Waals surface area (Å²) in [5.41, 5.74) is 3.83. The molecule has 5 heterocycles. The summed E-state index contributed by atoms with van der Waals surface area (Å²) in [7, 11) is 0. The van der Waals surface area contributed by atoms with E-state index in [4.69, 9.17) is 4.74 Å². The van der Waals surface area contributed by atoms with Crippen molar-refractivity contribution in [3.8, 4) is 0 Å². The number of nitrogens with zero attached hydrogens (tertiary/aromatic N) is 6. The minimum absolute atomic E-state index is 0.0667. The SMILES string of the molecule is Cc1cc(C)c2cc([C@@H](c3nnnn3C[C@@H]3CCCO3)N3CCN4CCC[C@@H]4C3)c(=O)[nH]c2c1. The van der Waals surface area contributed by atoms with Crippen molar-refractivity contribution in [2.75, 3.05) is 32.8 Å². The van der Waals surface area contributed by atoms with Gasteiger partial charge in [0, 0.05) is 48.7 Å². The number of nitrogens with one attached hydrogen (secondary N) is 1. The second-order valence-corrected chi connectivity index (χ2v) is 10.2. The largest absolute Gasteiger partial charge is 0.376 e. The molecular weight excluding hydrogens is 430 g/mol. The number of pyridine rings is 1. The van der Waals surface area contributed by atoms with Crippen molar-refractivity contribution in [1.29, 1.82) is 0 Å². The van der Waals surface area contributed by atoms with Gasteiger partial charge in [0.2, 0.25) is 0 Å². The van der Waals surface area contributed by atoms with Gasteiger partial charge in [0.1, 0.15) is 6.04 Å². The highest BCUT2D eigenvalue weighted by molar-refractivity contribution is 5.83. The summed E-state index contributed by atoms with van der Waals surface area (Å²) in [6.07, 6.45) is 4.65. The number of hydrogen-bond donors (Lipinski definition) is 1. The molecule has 3 aromatic rings. The standard InChI is InChI=1S/C25H33N7O2/c1-16-11-17(2)20-13-21(25(33)26-22(20)12-16)23(31-9-8-30-7-3-5-18(30)14-31)24-27-28-29-32(24)15-19-6-4-10-34-19/h11-13,18-19,23H,3-10,14-15H2,1-2H3,(H,26,33)/t18-,19+,23+/m1/s1. The molecule has 0 radical (unpaired) electrons. The van der Waals surface area contributed by atoms with E-state index >= 15 is 0 Å². The molecule has 3 saturated heterocycles. The lowest BCUT2D eigenvalue weighted by Gasteiger charge is -2.41. The van der Waals surface area contributed by atoms with E-state index in [0.29, 0.717) is 18.2 Å². The zero-order chi connectivity index (χ0) is 23.2. The predicted molar refractivity (Wildman–Crippen MR) is 129 cm³/mol. The number of aromatic amines is 1. The molecule has 0 unspecified atom stereocenters. The Balaban J connectivity index is 1.45. The Bertz CT molecular complexity index is 1250. The van der Waals surface area contributed by atoms with Gasteiger partial charge in [-0.2, -0.15) is 0 Å². The zero-order valence-electron chi connectivity index (χ0n) is 20.0. The van der Waals surface area contributed by atoms with Crippen molar-refractivity contribution in [2.45, 2.75) is 64.3 Å². The average Bonchev–Trinajstić information content (AvgIpc) is 3.57. The van der Waals surface area contributed by atoms with Gasteiger partial charge in [-0.3, -0.25) is 14.6 Å². The predicted octanol–water partition coefficient (Wildman–Crippen LogP) is 2.18. The molecule has 6 rings (SSSR count). The van der Waals surface area contributed by atoms with Gasteiger partial charge in [-0.15, -0.1) is 5.10 Å². The highest BCUT2D eigenvalue weighted by atomic mass is 16.5. The minimum Gasteiger partial charge on any atom is -0.376 e. The molecule has 3 aliphatic rings. The number of tetrazole rings is 1. The van der Waals surface area contributed by atoms with E-state index in [0.717, 1.165) is 66.9 Å². The van der Waals surface area contributed by atoms with E-state index in [-0.39, 0.29) is 17.7 Å². The maximum absolute atomic E-state index is 13.5. The Morgan fingerprint density at radius 3 is 2.91 bits per heavy atom. The van der Waals surface area contributed by atoms with E-state index in [9.17, 15) is 4.79 Å². The first kappa shape index (κ1) is 21.9. The third kappa shape index (κ3) is 3.95. The first-order chi connectivity index (χ1) is 16.6. The van der Waals surface area contributed by atoms with Crippen molar-refractivity contribution in [3.05, 3.63) is 51.1 Å². The summed E-state index contributed by atoms with van der Waals surface area (Å²) < 4.78 is 7.74. The number of hydrogen-bond acceptors (Lipinski definition) is 7. The molecular formula is C25H33N7O2. The lowest BCUT2D eigenvalue weighted by molar-refractivity contribution is 0.0728. The summed E-state index contributed by atoms with van der Waals surface area (Å²) in [4.78, 5) is 21.7. The van der Waals surface area contributed by atoms with Gasteiger partial charge in [0.25, 0.3) is 5.56 Å². The van der Waals surface area contributed by atoms with Gasteiger partial charge < -0.3 is 9.72 Å². The average molecular weight is 464 g/mol. The number of benzene rings is 1. The topological polar surface area (TPSA) is 92.2 Å². The fourth-order valence-electron chi connectivity index (χ4n) is 6.16. The maximum atomic E-state index is 13.5. The quantitative estimate of drug-likeness (QED) is 0.620. The molecule has 0 spiro atoms. The van der Waals surface area contributed by atoms with Crippen LogP contribution in [0.25, 0.3) is 10.9 Å². The summed E-state index contributed by atoms with van der Waals surface area (Å²) in [5.74, 6) is 0.733. The van der Waals surface area contributed by atoms with Crippen LogP contribution in [0.2, 0.25) is 0 Å². The zero-order valence-corrected chi connectivity index (χ0v) is 20.0. The van der Waals surface area contributed by atoms with Crippen LogP contribution >= 0.6 is 0 Å². The van der Waals surface area contributed by atoms with Crippen molar-refractivity contribution in [1.82, 2.24) is 35.0 Å². The van der Waals surface area contributed by atoms with Gasteiger partial charge in [-0.25, -0.2) is 4.68 Å². The summed E-state index contributed by atoms with van der Waals surface area (Å²) in [5, 5.41) is 13.9. The molecule has 2 aromatic heterocycles. The molecule has 0 bridgehead atoms. The molecule has 180 valence electrons. The fourth-order valence-corrected chi connectivity index (χ4v) is 6.16. The molecule has 9 heteroatoms. The molecule has 9 nitrogen and oxygen atoms in total. The molecule has 1 aromatic carbocycles. The third-order valence-corrected chi connectivity index (χ3v) is 7.82. The molecule has 34 heavy (non-hydrogen) atoms. The van der Waals surface area contributed by atoms with Crippen LogP contribution in [0.1, 0.15) is 54.2 Å². The Morgan fingerprint density at radius 1 is 1.15 bits per heavy atom. The number of piperazine rings is 1. The molecule has 3 fully saturated rings. The van der Waals surface area contributed by atoms with E-state index in [2.05, 4.69) is 56.3 Å². The number of H-pyrrole nitrogens is 1. The number of rotatable bonds is 5. The highest BCUT2D eigenvalue weighted by Gasteiger charge is 2.38.